The van der Waals surface area contributed by atoms with Gasteiger partial charge < -0.3 is 23.7 Å². The molecule has 0 radical (unpaired) electrons. The monoisotopic (exact) mass is 610 g/mol. The van der Waals surface area contributed by atoms with Crippen molar-refractivity contribution in [3.05, 3.63) is 28.0 Å². The zero-order valence-corrected chi connectivity index (χ0v) is 30.0. The lowest BCUT2D eigenvalue weighted by Crippen LogP contribution is -2.51. The van der Waals surface area contributed by atoms with Crippen molar-refractivity contribution in [3.8, 4) is 0 Å². The highest BCUT2D eigenvalue weighted by molar-refractivity contribution is 6.74. The zero-order chi connectivity index (χ0) is 31.2. The summed E-state index contributed by atoms with van der Waals surface area (Å²) >= 11 is 0. The minimum Gasteiger partial charge on any atom is -0.737 e. The fourth-order valence-electron chi connectivity index (χ4n) is 4.09. The lowest BCUT2D eigenvalue weighted by Gasteiger charge is -2.40. The average molecular weight is 611 g/mol. The summed E-state index contributed by atoms with van der Waals surface area (Å²) in [7, 11) is -4.16. The van der Waals surface area contributed by atoms with Crippen LogP contribution >= 0.6 is 0 Å². The largest absolute Gasteiger partial charge is 0.737 e. The summed E-state index contributed by atoms with van der Waals surface area (Å²) in [5.41, 5.74) is -0.699. The van der Waals surface area contributed by atoms with Crippen molar-refractivity contribution in [2.24, 2.45) is 4.99 Å². The molecule has 1 aliphatic rings. The van der Waals surface area contributed by atoms with Gasteiger partial charge in [-0.3, -0.25) is 0 Å². The molecule has 236 valence electrons. The molecule has 2 heterocycles. The van der Waals surface area contributed by atoms with Crippen LogP contribution in [-0.4, -0.2) is 64.3 Å². The van der Waals surface area contributed by atoms with Crippen LogP contribution in [0.25, 0.3) is 0 Å². The maximum absolute atomic E-state index is 13.3. The van der Waals surface area contributed by atoms with Gasteiger partial charge in [-0.25, -0.2) is 14.1 Å². The molecule has 0 aliphatic carbocycles. The normalized spacial score (nSPS) is 20.7. The van der Waals surface area contributed by atoms with Crippen LogP contribution in [0.5, 0.6) is 0 Å². The van der Waals surface area contributed by atoms with E-state index in [-0.39, 0.29) is 28.1 Å². The summed E-state index contributed by atoms with van der Waals surface area (Å²) in [6.07, 6.45) is 6.86. The minimum absolute atomic E-state index is 0.0204. The Kier molecular flexibility index (Phi) is 12.4. The van der Waals surface area contributed by atoms with E-state index in [1.165, 1.54) is 4.57 Å². The smallest absolute Gasteiger partial charge is 0.445 e. The van der Waals surface area contributed by atoms with Gasteiger partial charge in [-0.15, -0.1) is 0 Å². The molecule has 1 fully saturated rings. The van der Waals surface area contributed by atoms with E-state index in [2.05, 4.69) is 91.5 Å². The predicted molar refractivity (Wildman–Crippen MR) is 173 cm³/mol. The van der Waals surface area contributed by atoms with Crippen LogP contribution < -0.4 is 10.4 Å². The minimum atomic E-state index is -2.13. The van der Waals surface area contributed by atoms with Crippen LogP contribution in [0.2, 0.25) is 36.3 Å². The molecule has 0 unspecified atom stereocenters. The average Bonchev–Trinajstić information content (AvgIpc) is 3.24. The maximum atomic E-state index is 13.3. The van der Waals surface area contributed by atoms with Crippen molar-refractivity contribution in [2.75, 3.05) is 19.7 Å². The lowest BCUT2D eigenvalue weighted by molar-refractivity contribution is -0.614. The summed E-state index contributed by atoms with van der Waals surface area (Å²) in [5, 5.41) is 13.1. The van der Waals surface area contributed by atoms with Crippen LogP contribution in [-0.2, 0) is 13.6 Å². The first kappa shape index (κ1) is 35.7. The molecule has 1 aromatic rings. The van der Waals surface area contributed by atoms with Crippen molar-refractivity contribution in [1.82, 2.24) is 9.47 Å². The van der Waals surface area contributed by atoms with Crippen molar-refractivity contribution in [2.45, 2.75) is 142 Å². The Balaban J connectivity index is 2.32. The number of unbranched alkanes of at least 4 members (excludes halogenated alkanes) is 2. The van der Waals surface area contributed by atoms with E-state index >= 15 is 0 Å². The van der Waals surface area contributed by atoms with E-state index in [4.69, 9.17) is 13.6 Å². The highest BCUT2D eigenvalue weighted by Gasteiger charge is 2.47. The summed E-state index contributed by atoms with van der Waals surface area (Å²) in [6, 6.07) is 1.59. The first-order valence-corrected chi connectivity index (χ1v) is 21.3. The number of rotatable bonds is 14. The van der Waals surface area contributed by atoms with E-state index < -0.39 is 28.6 Å². The van der Waals surface area contributed by atoms with Gasteiger partial charge in [-0.1, -0.05) is 73.2 Å². The Morgan fingerprint density at radius 2 is 1.63 bits per heavy atom. The topological polar surface area (TPSA) is 92.2 Å². The predicted octanol–water partition coefficient (Wildman–Crippen LogP) is 6.74. The molecular formula is C30H58N4O5Si2. The number of nitrogens with zero attached hydrogens (tertiary/aromatic N) is 4. The molecule has 1 aliphatic heterocycles. The molecule has 3 atom stereocenters. The van der Waals surface area contributed by atoms with Gasteiger partial charge in [0.05, 0.1) is 18.9 Å². The molecule has 1 aromatic heterocycles. The first-order valence-electron chi connectivity index (χ1n) is 15.4. The third-order valence-electron chi connectivity index (χ3n) is 9.10. The van der Waals surface area contributed by atoms with Gasteiger partial charge in [0.15, 0.2) is 29.2 Å². The first-order chi connectivity index (χ1) is 18.8. The third kappa shape index (κ3) is 9.48. The zero-order valence-electron chi connectivity index (χ0n) is 28.0. The van der Waals surface area contributed by atoms with Crippen molar-refractivity contribution < 1.29 is 18.3 Å². The Labute approximate surface area is 251 Å². The number of ether oxygens (including phenoxy) is 1. The Hall–Kier alpha value is -1.54. The van der Waals surface area contributed by atoms with Gasteiger partial charge >= 0.3 is 5.69 Å². The van der Waals surface area contributed by atoms with Gasteiger partial charge in [0, 0.05) is 25.6 Å². The Morgan fingerprint density at radius 1 is 1.07 bits per heavy atom. The molecule has 1 saturated heterocycles. The molecule has 0 N–H and O–H groups in total. The molecule has 11 heteroatoms. The van der Waals surface area contributed by atoms with E-state index in [1.54, 1.807) is 18.6 Å². The second kappa shape index (κ2) is 14.3. The number of hydrogen-bond donors (Lipinski definition) is 0. The molecule has 0 bridgehead atoms. The van der Waals surface area contributed by atoms with Crippen LogP contribution in [0.4, 0.5) is 5.82 Å². The van der Waals surface area contributed by atoms with Crippen molar-refractivity contribution in [1.29, 1.82) is 0 Å². The Bertz CT molecular complexity index is 1050. The van der Waals surface area contributed by atoms with E-state index in [0.29, 0.717) is 17.8 Å². The van der Waals surface area contributed by atoms with Gasteiger partial charge in [0.2, 0.25) is 0 Å². The van der Waals surface area contributed by atoms with E-state index in [9.17, 15) is 10.0 Å². The molecule has 2 rings (SSSR count). The maximum Gasteiger partial charge on any atom is 0.445 e. The van der Waals surface area contributed by atoms with Crippen LogP contribution in [0.3, 0.4) is 0 Å². The fourth-order valence-corrected chi connectivity index (χ4v) is 6.47. The van der Waals surface area contributed by atoms with Crippen LogP contribution in [0, 0.1) is 5.21 Å². The van der Waals surface area contributed by atoms with Crippen molar-refractivity contribution in [3.63, 3.8) is 0 Å². The second-order valence-corrected chi connectivity index (χ2v) is 24.1. The molecule has 9 nitrogen and oxygen atoms in total. The molecule has 0 amide bonds. The molecular weight excluding hydrogens is 553 g/mol. The summed E-state index contributed by atoms with van der Waals surface area (Å²) < 4.78 is 21.6. The van der Waals surface area contributed by atoms with E-state index in [0.717, 1.165) is 38.8 Å². The molecule has 0 spiro atoms. The highest BCUT2D eigenvalue weighted by Crippen LogP contribution is 2.42. The van der Waals surface area contributed by atoms with Gasteiger partial charge in [0.1, 0.15) is 6.10 Å². The number of aromatic nitrogens is 2. The third-order valence-corrected chi connectivity index (χ3v) is 18.1. The molecule has 0 saturated carbocycles. The van der Waals surface area contributed by atoms with Gasteiger partial charge in [-0.2, -0.15) is 0 Å². The summed E-state index contributed by atoms with van der Waals surface area (Å²) in [6.45, 7) is 28.6. The SMILES string of the molecule is CCCCN(C=Nc1ccn([C@H]2C[C@H](O[Si](C)(C)C(C)(C)C)[C@@H](CO[Si](C)(C)C(C)(C)C)O2)c(=O)[n+]1[O-])CCCC. The quantitative estimate of drug-likeness (QED) is 0.0761. The van der Waals surface area contributed by atoms with Crippen LogP contribution in [0.1, 0.15) is 93.7 Å². The second-order valence-electron chi connectivity index (χ2n) is 14.5. The molecule has 41 heavy (non-hydrogen) atoms. The summed E-state index contributed by atoms with van der Waals surface area (Å²) in [4.78, 5) is 19.8. The highest BCUT2D eigenvalue weighted by atomic mass is 28.4. The standard InChI is InChI=1S/C30H58N4O5Si2/c1-13-15-18-32(19-16-14-2)23-31-26-17-20-33(28(35)34(26)36)27-21-24(39-41(11,12)30(6,7)8)25(38-27)22-37-40(9,10)29(3,4)5/h17,20,23-25,27H,13-16,18-19,21-22H2,1-12H3/t24-,25+,27+/m0/s1. The lowest BCUT2D eigenvalue weighted by atomic mass is 10.2. The summed E-state index contributed by atoms with van der Waals surface area (Å²) in [5.74, 6) is 0.0779. The van der Waals surface area contributed by atoms with E-state index in [1.807, 2.05) is 0 Å². The van der Waals surface area contributed by atoms with Gasteiger partial charge in [0.25, 0.3) is 5.82 Å². The molecule has 0 aromatic carbocycles. The number of hydrogen-bond acceptors (Lipinski definition) is 6. The van der Waals surface area contributed by atoms with Crippen molar-refractivity contribution >= 4 is 28.8 Å². The number of aliphatic imine (C=N–C) groups is 1. The Morgan fingerprint density at radius 3 is 2.15 bits per heavy atom. The van der Waals surface area contributed by atoms with Gasteiger partial charge in [-0.05, 0) is 49.1 Å². The van der Waals surface area contributed by atoms with Crippen LogP contribution in [0.15, 0.2) is 22.1 Å². The fraction of sp³-hybridized carbons (Fsp3) is 0.833.